The lowest BCUT2D eigenvalue weighted by molar-refractivity contribution is -0.142. The molecular formula is C11H20N2O5. The summed E-state index contributed by atoms with van der Waals surface area (Å²) in [4.78, 5) is 34.7. The monoisotopic (exact) mass is 260 g/mol. The standard InChI is InChI=1S/C11H20N2O5/c1-7(2)5-13(6-9(14)15)11(17)12-8(3)10(16)18-4/h7-8H,5-6H2,1-4H3,(H,12,17)(H,14,15). The van der Waals surface area contributed by atoms with E-state index in [0.717, 1.165) is 4.90 Å². The second-order valence-electron chi connectivity index (χ2n) is 4.36. The molecule has 7 heteroatoms. The summed E-state index contributed by atoms with van der Waals surface area (Å²) in [5, 5.41) is 11.1. The van der Waals surface area contributed by atoms with Crippen molar-refractivity contribution in [2.24, 2.45) is 5.92 Å². The van der Waals surface area contributed by atoms with Crippen LogP contribution in [0.3, 0.4) is 0 Å². The number of methoxy groups -OCH3 is 1. The van der Waals surface area contributed by atoms with Gasteiger partial charge in [-0.1, -0.05) is 13.8 Å². The molecule has 0 saturated carbocycles. The minimum Gasteiger partial charge on any atom is -0.480 e. The summed E-state index contributed by atoms with van der Waals surface area (Å²) in [7, 11) is 1.22. The van der Waals surface area contributed by atoms with Gasteiger partial charge in [-0.05, 0) is 12.8 Å². The summed E-state index contributed by atoms with van der Waals surface area (Å²) in [5.41, 5.74) is 0. The van der Waals surface area contributed by atoms with Crippen LogP contribution in [0.25, 0.3) is 0 Å². The van der Waals surface area contributed by atoms with Gasteiger partial charge in [-0.15, -0.1) is 0 Å². The van der Waals surface area contributed by atoms with E-state index in [2.05, 4.69) is 10.1 Å². The molecule has 0 rings (SSSR count). The van der Waals surface area contributed by atoms with E-state index >= 15 is 0 Å². The molecule has 0 aromatic rings. The van der Waals surface area contributed by atoms with E-state index in [1.165, 1.54) is 14.0 Å². The predicted molar refractivity (Wildman–Crippen MR) is 64.1 cm³/mol. The summed E-state index contributed by atoms with van der Waals surface area (Å²) in [5.74, 6) is -1.55. The highest BCUT2D eigenvalue weighted by molar-refractivity contribution is 5.85. The topological polar surface area (TPSA) is 95.9 Å². The number of carboxylic acid groups (broad SMARTS) is 1. The Balaban J connectivity index is 4.54. The molecule has 0 aromatic carbocycles. The molecule has 0 heterocycles. The van der Waals surface area contributed by atoms with Crippen molar-refractivity contribution >= 4 is 18.0 Å². The lowest BCUT2D eigenvalue weighted by atomic mass is 10.2. The van der Waals surface area contributed by atoms with Gasteiger partial charge in [0.15, 0.2) is 0 Å². The maximum absolute atomic E-state index is 11.8. The van der Waals surface area contributed by atoms with Gasteiger partial charge in [0.1, 0.15) is 12.6 Å². The van der Waals surface area contributed by atoms with Crippen molar-refractivity contribution in [3.63, 3.8) is 0 Å². The van der Waals surface area contributed by atoms with Crippen LogP contribution in [-0.2, 0) is 14.3 Å². The lowest BCUT2D eigenvalue weighted by Gasteiger charge is -2.24. The number of rotatable bonds is 6. The maximum Gasteiger partial charge on any atom is 0.328 e. The van der Waals surface area contributed by atoms with Crippen LogP contribution in [0.4, 0.5) is 4.79 Å². The zero-order chi connectivity index (χ0) is 14.3. The number of amides is 2. The maximum atomic E-state index is 11.8. The molecule has 0 aliphatic heterocycles. The second-order valence-corrected chi connectivity index (χ2v) is 4.36. The third-order valence-electron chi connectivity index (χ3n) is 2.09. The molecular weight excluding hydrogens is 240 g/mol. The Hall–Kier alpha value is -1.79. The fourth-order valence-electron chi connectivity index (χ4n) is 1.34. The first-order valence-electron chi connectivity index (χ1n) is 5.63. The Morgan fingerprint density at radius 2 is 1.83 bits per heavy atom. The number of aliphatic carboxylic acids is 1. The summed E-state index contributed by atoms with van der Waals surface area (Å²) >= 11 is 0. The van der Waals surface area contributed by atoms with Gasteiger partial charge in [0.05, 0.1) is 7.11 Å². The van der Waals surface area contributed by atoms with Gasteiger partial charge in [-0.3, -0.25) is 4.79 Å². The molecule has 0 aliphatic rings. The van der Waals surface area contributed by atoms with Gasteiger partial charge in [-0.2, -0.15) is 0 Å². The average molecular weight is 260 g/mol. The van der Waals surface area contributed by atoms with E-state index in [9.17, 15) is 14.4 Å². The second kappa shape index (κ2) is 7.52. The summed E-state index contributed by atoms with van der Waals surface area (Å²) < 4.78 is 4.47. The van der Waals surface area contributed by atoms with E-state index in [1.54, 1.807) is 0 Å². The number of hydrogen-bond acceptors (Lipinski definition) is 4. The van der Waals surface area contributed by atoms with E-state index in [1.807, 2.05) is 13.8 Å². The van der Waals surface area contributed by atoms with Crippen LogP contribution in [0.1, 0.15) is 20.8 Å². The number of urea groups is 1. The first kappa shape index (κ1) is 16.2. The molecule has 2 N–H and O–H groups in total. The molecule has 0 saturated heterocycles. The van der Waals surface area contributed by atoms with E-state index < -0.39 is 30.6 Å². The highest BCUT2D eigenvalue weighted by Gasteiger charge is 2.22. The molecule has 1 unspecified atom stereocenters. The Labute approximate surface area is 106 Å². The van der Waals surface area contributed by atoms with Gasteiger partial charge in [-0.25, -0.2) is 9.59 Å². The Morgan fingerprint density at radius 3 is 2.22 bits per heavy atom. The van der Waals surface area contributed by atoms with Crippen molar-refractivity contribution in [3.8, 4) is 0 Å². The van der Waals surface area contributed by atoms with Crippen LogP contribution >= 0.6 is 0 Å². The Kier molecular flexibility index (Phi) is 6.77. The minimum absolute atomic E-state index is 0.128. The van der Waals surface area contributed by atoms with E-state index in [0.29, 0.717) is 6.54 Å². The minimum atomic E-state index is -1.10. The zero-order valence-electron chi connectivity index (χ0n) is 11.1. The van der Waals surface area contributed by atoms with E-state index in [-0.39, 0.29) is 5.92 Å². The van der Waals surface area contributed by atoms with Gasteiger partial charge in [0.25, 0.3) is 0 Å². The summed E-state index contributed by atoms with van der Waals surface area (Å²) in [6.45, 7) is 5.10. The SMILES string of the molecule is COC(=O)C(C)NC(=O)N(CC(=O)O)CC(C)C. The number of nitrogens with zero attached hydrogens (tertiary/aromatic N) is 1. The quantitative estimate of drug-likeness (QED) is 0.670. The molecule has 0 fully saturated rings. The van der Waals surface area contributed by atoms with Crippen molar-refractivity contribution in [2.75, 3.05) is 20.2 Å². The first-order valence-corrected chi connectivity index (χ1v) is 5.63. The number of carboxylic acids is 1. The van der Waals surface area contributed by atoms with Crippen LogP contribution in [-0.4, -0.2) is 54.2 Å². The Morgan fingerprint density at radius 1 is 1.28 bits per heavy atom. The van der Waals surface area contributed by atoms with Gasteiger partial charge < -0.3 is 20.1 Å². The summed E-state index contributed by atoms with van der Waals surface area (Å²) in [6, 6.07) is -1.41. The Bertz CT molecular complexity index is 317. The van der Waals surface area contributed by atoms with Crippen LogP contribution in [0.5, 0.6) is 0 Å². The van der Waals surface area contributed by atoms with Crippen LogP contribution in [0.2, 0.25) is 0 Å². The molecule has 0 aromatic heterocycles. The van der Waals surface area contributed by atoms with Crippen molar-refractivity contribution in [2.45, 2.75) is 26.8 Å². The largest absolute Gasteiger partial charge is 0.480 e. The van der Waals surface area contributed by atoms with Crippen molar-refractivity contribution < 1.29 is 24.2 Å². The fraction of sp³-hybridized carbons (Fsp3) is 0.727. The lowest BCUT2D eigenvalue weighted by Crippen LogP contribution is -2.49. The number of esters is 1. The third kappa shape index (κ3) is 6.07. The molecule has 0 radical (unpaired) electrons. The van der Waals surface area contributed by atoms with Gasteiger partial charge in [0, 0.05) is 6.54 Å². The number of ether oxygens (including phenoxy) is 1. The van der Waals surface area contributed by atoms with Crippen LogP contribution in [0, 0.1) is 5.92 Å². The molecule has 0 aliphatic carbocycles. The molecule has 18 heavy (non-hydrogen) atoms. The van der Waals surface area contributed by atoms with Crippen LogP contribution < -0.4 is 5.32 Å². The van der Waals surface area contributed by atoms with Crippen LogP contribution in [0.15, 0.2) is 0 Å². The van der Waals surface area contributed by atoms with E-state index in [4.69, 9.17) is 5.11 Å². The molecule has 2 amide bonds. The average Bonchev–Trinajstić information content (AvgIpc) is 2.25. The van der Waals surface area contributed by atoms with Crippen molar-refractivity contribution in [1.82, 2.24) is 10.2 Å². The number of nitrogens with one attached hydrogen (secondary N) is 1. The molecule has 0 spiro atoms. The molecule has 1 atom stereocenters. The highest BCUT2D eigenvalue weighted by Crippen LogP contribution is 2.00. The molecule has 104 valence electrons. The predicted octanol–water partition coefficient (Wildman–Crippen LogP) is 0.300. The number of carbonyl (C=O) groups is 3. The third-order valence-corrected chi connectivity index (χ3v) is 2.09. The summed E-state index contributed by atoms with van der Waals surface area (Å²) in [6.07, 6.45) is 0. The first-order chi connectivity index (χ1) is 8.27. The number of carbonyl (C=O) groups excluding carboxylic acids is 2. The normalized spacial score (nSPS) is 11.8. The van der Waals surface area contributed by atoms with Gasteiger partial charge in [0.2, 0.25) is 0 Å². The van der Waals surface area contributed by atoms with Gasteiger partial charge >= 0.3 is 18.0 Å². The number of hydrogen-bond donors (Lipinski definition) is 2. The van der Waals surface area contributed by atoms with Crippen molar-refractivity contribution in [3.05, 3.63) is 0 Å². The smallest absolute Gasteiger partial charge is 0.328 e. The molecule has 7 nitrogen and oxygen atoms in total. The zero-order valence-corrected chi connectivity index (χ0v) is 11.1. The molecule has 0 bridgehead atoms. The fourth-order valence-corrected chi connectivity index (χ4v) is 1.34. The highest BCUT2D eigenvalue weighted by atomic mass is 16.5. The van der Waals surface area contributed by atoms with Crippen molar-refractivity contribution in [1.29, 1.82) is 0 Å².